The predicted molar refractivity (Wildman–Crippen MR) is 92.8 cm³/mol. The highest BCUT2D eigenvalue weighted by Gasteiger charge is 2.16. The molecule has 0 bridgehead atoms. The number of rotatable bonds is 2. The minimum atomic E-state index is -0.519. The van der Waals surface area contributed by atoms with Gasteiger partial charge in [0.15, 0.2) is 0 Å². The lowest BCUT2D eigenvalue weighted by atomic mass is 9.99. The lowest BCUT2D eigenvalue weighted by Crippen LogP contribution is -2.24. The van der Waals surface area contributed by atoms with Crippen molar-refractivity contribution in [3.63, 3.8) is 0 Å². The van der Waals surface area contributed by atoms with Crippen LogP contribution in [-0.2, 0) is 0 Å². The lowest BCUT2D eigenvalue weighted by Gasteiger charge is -2.11. The van der Waals surface area contributed by atoms with Gasteiger partial charge in [-0.2, -0.15) is 0 Å². The topological polar surface area (TPSA) is 66.9 Å². The van der Waals surface area contributed by atoms with Crippen LogP contribution in [-0.4, -0.2) is 23.0 Å². The number of fused-ring (bicyclic) bond motifs is 1. The van der Waals surface area contributed by atoms with E-state index in [-0.39, 0.29) is 5.02 Å². The van der Waals surface area contributed by atoms with Gasteiger partial charge in [0, 0.05) is 42.2 Å². The van der Waals surface area contributed by atoms with Gasteiger partial charge in [-0.1, -0.05) is 11.6 Å². The summed E-state index contributed by atoms with van der Waals surface area (Å²) in [5, 5.41) is 6.15. The van der Waals surface area contributed by atoms with Crippen LogP contribution in [0, 0.1) is 12.7 Å². The smallest absolute Gasteiger partial charge is 0.320 e. The number of urea groups is 1. The van der Waals surface area contributed by atoms with Gasteiger partial charge in [-0.05, 0) is 36.1 Å². The third-order valence-electron chi connectivity index (χ3n) is 3.70. The number of carbonyl (C=O) groups is 1. The Labute approximate surface area is 142 Å². The molecule has 0 aliphatic carbocycles. The van der Waals surface area contributed by atoms with Gasteiger partial charge >= 0.3 is 6.03 Å². The quantitative estimate of drug-likeness (QED) is 0.734. The Kier molecular flexibility index (Phi) is 4.31. The van der Waals surface area contributed by atoms with Crippen LogP contribution in [0.15, 0.2) is 36.8 Å². The summed E-state index contributed by atoms with van der Waals surface area (Å²) >= 11 is 6.18. The molecular formula is C17H14ClFN4O. The van der Waals surface area contributed by atoms with Gasteiger partial charge in [0.2, 0.25) is 0 Å². The number of nitrogens with zero attached hydrogens (tertiary/aromatic N) is 2. The number of halogens is 2. The van der Waals surface area contributed by atoms with E-state index in [1.807, 2.05) is 6.92 Å². The number of hydrogen-bond donors (Lipinski definition) is 2. The second-order valence-electron chi connectivity index (χ2n) is 5.24. The fraction of sp³-hybridized carbons (Fsp3) is 0.118. The molecule has 0 spiro atoms. The first-order valence-electron chi connectivity index (χ1n) is 7.18. The van der Waals surface area contributed by atoms with Crippen LogP contribution in [0.5, 0.6) is 0 Å². The highest BCUT2D eigenvalue weighted by atomic mass is 35.5. The number of aryl methyl sites for hydroxylation is 1. The zero-order chi connectivity index (χ0) is 17.3. The van der Waals surface area contributed by atoms with Crippen LogP contribution in [0.2, 0.25) is 5.02 Å². The Morgan fingerprint density at radius 1 is 1.25 bits per heavy atom. The number of anilines is 1. The molecule has 0 radical (unpaired) electrons. The molecule has 0 aliphatic rings. The third kappa shape index (κ3) is 2.88. The van der Waals surface area contributed by atoms with Crippen molar-refractivity contribution < 1.29 is 9.18 Å². The van der Waals surface area contributed by atoms with E-state index in [4.69, 9.17) is 11.6 Å². The van der Waals surface area contributed by atoms with Crippen molar-refractivity contribution in [2.24, 2.45) is 0 Å². The van der Waals surface area contributed by atoms with E-state index in [9.17, 15) is 9.18 Å². The van der Waals surface area contributed by atoms with E-state index in [2.05, 4.69) is 20.6 Å². The maximum absolute atomic E-state index is 14.7. The molecule has 5 nitrogen and oxygen atoms in total. The van der Waals surface area contributed by atoms with Gasteiger partial charge in [-0.25, -0.2) is 14.2 Å². The van der Waals surface area contributed by atoms with E-state index in [1.165, 1.54) is 13.2 Å². The first-order valence-corrected chi connectivity index (χ1v) is 7.56. The Morgan fingerprint density at radius 3 is 2.75 bits per heavy atom. The molecule has 24 heavy (non-hydrogen) atoms. The molecule has 2 N–H and O–H groups in total. The zero-order valence-electron chi connectivity index (χ0n) is 13.0. The second-order valence-corrected chi connectivity index (χ2v) is 5.62. The van der Waals surface area contributed by atoms with Gasteiger partial charge in [0.25, 0.3) is 0 Å². The van der Waals surface area contributed by atoms with Gasteiger partial charge in [-0.15, -0.1) is 0 Å². The van der Waals surface area contributed by atoms with Crippen LogP contribution in [0.3, 0.4) is 0 Å². The van der Waals surface area contributed by atoms with Gasteiger partial charge in [-0.3, -0.25) is 10.3 Å². The monoisotopic (exact) mass is 344 g/mol. The van der Waals surface area contributed by atoms with Crippen LogP contribution >= 0.6 is 11.6 Å². The van der Waals surface area contributed by atoms with E-state index >= 15 is 0 Å². The fourth-order valence-electron chi connectivity index (χ4n) is 2.42. The van der Waals surface area contributed by atoms with Crippen molar-refractivity contribution in [1.82, 2.24) is 15.3 Å². The zero-order valence-corrected chi connectivity index (χ0v) is 13.8. The Morgan fingerprint density at radius 2 is 2.04 bits per heavy atom. The van der Waals surface area contributed by atoms with Gasteiger partial charge in [0.05, 0.1) is 5.02 Å². The minimum Gasteiger partial charge on any atom is -0.341 e. The van der Waals surface area contributed by atoms with Gasteiger partial charge in [0.1, 0.15) is 11.6 Å². The summed E-state index contributed by atoms with van der Waals surface area (Å²) in [5.74, 6) is -0.174. The Bertz CT molecular complexity index is 945. The van der Waals surface area contributed by atoms with E-state index in [1.54, 1.807) is 30.6 Å². The molecule has 3 rings (SSSR count). The van der Waals surface area contributed by atoms with E-state index in [0.29, 0.717) is 27.7 Å². The molecule has 7 heteroatoms. The van der Waals surface area contributed by atoms with Crippen molar-refractivity contribution in [2.45, 2.75) is 6.92 Å². The molecule has 2 aromatic heterocycles. The minimum absolute atomic E-state index is 0.00949. The summed E-state index contributed by atoms with van der Waals surface area (Å²) in [5.41, 5.74) is 1.91. The number of benzene rings is 1. The maximum Gasteiger partial charge on any atom is 0.320 e. The van der Waals surface area contributed by atoms with Crippen LogP contribution in [0.25, 0.3) is 21.9 Å². The lowest BCUT2D eigenvalue weighted by molar-refractivity contribution is 0.254. The van der Waals surface area contributed by atoms with Crippen molar-refractivity contribution in [3.05, 3.63) is 53.2 Å². The Hall–Kier alpha value is -2.73. The molecular weight excluding hydrogens is 331 g/mol. The van der Waals surface area contributed by atoms with Crippen LogP contribution in [0.4, 0.5) is 15.0 Å². The van der Waals surface area contributed by atoms with E-state index < -0.39 is 11.8 Å². The molecule has 1 aromatic carbocycles. The average Bonchev–Trinajstić information content (AvgIpc) is 2.58. The third-order valence-corrected chi connectivity index (χ3v) is 4.07. The summed E-state index contributed by atoms with van der Waals surface area (Å²) in [4.78, 5) is 19.5. The van der Waals surface area contributed by atoms with Crippen molar-refractivity contribution in [1.29, 1.82) is 0 Å². The number of pyridine rings is 2. The highest BCUT2D eigenvalue weighted by Crippen LogP contribution is 2.35. The molecule has 0 saturated heterocycles. The number of hydrogen-bond acceptors (Lipinski definition) is 3. The summed E-state index contributed by atoms with van der Waals surface area (Å²) in [6.07, 6.45) is 4.68. The molecule has 0 aliphatic heterocycles. The number of aromatic nitrogens is 2. The molecule has 0 fully saturated rings. The van der Waals surface area contributed by atoms with Gasteiger partial charge < -0.3 is 5.32 Å². The summed E-state index contributed by atoms with van der Waals surface area (Å²) < 4.78 is 14.7. The SMILES string of the molecule is CNC(=O)Nc1cc2cc(-c3cnccc3C)c(F)c(Cl)c2cn1. The largest absolute Gasteiger partial charge is 0.341 e. The van der Waals surface area contributed by atoms with Crippen LogP contribution in [0.1, 0.15) is 5.56 Å². The van der Waals surface area contributed by atoms with Crippen molar-refractivity contribution in [2.75, 3.05) is 12.4 Å². The van der Waals surface area contributed by atoms with Crippen molar-refractivity contribution >= 4 is 34.2 Å². The molecule has 3 aromatic rings. The number of carbonyl (C=O) groups excluding carboxylic acids is 1. The molecule has 0 unspecified atom stereocenters. The van der Waals surface area contributed by atoms with Crippen molar-refractivity contribution in [3.8, 4) is 11.1 Å². The maximum atomic E-state index is 14.7. The first kappa shape index (κ1) is 16.1. The fourth-order valence-corrected chi connectivity index (χ4v) is 2.68. The summed E-state index contributed by atoms with van der Waals surface area (Å²) in [7, 11) is 1.51. The summed E-state index contributed by atoms with van der Waals surface area (Å²) in [6.45, 7) is 1.87. The summed E-state index contributed by atoms with van der Waals surface area (Å²) in [6, 6.07) is 4.73. The molecule has 0 saturated carbocycles. The molecule has 2 amide bonds. The average molecular weight is 345 g/mol. The standard InChI is InChI=1S/C17H14ClFN4O/c1-9-3-4-21-7-12(9)11-5-10-6-14(23-17(24)20-2)22-8-13(10)15(18)16(11)19/h3-8H,1-2H3,(H2,20,22,23,24). The number of nitrogens with one attached hydrogen (secondary N) is 2. The highest BCUT2D eigenvalue weighted by molar-refractivity contribution is 6.36. The predicted octanol–water partition coefficient (Wildman–Crippen LogP) is 4.15. The van der Waals surface area contributed by atoms with Crippen LogP contribution < -0.4 is 10.6 Å². The normalized spacial score (nSPS) is 10.7. The van der Waals surface area contributed by atoms with E-state index in [0.717, 1.165) is 5.56 Å². The molecule has 2 heterocycles. The molecule has 0 atom stereocenters. The second kappa shape index (κ2) is 6.41. The first-order chi connectivity index (χ1) is 11.5. The number of amides is 2. The molecule has 122 valence electrons. The Balaban J connectivity index is 2.19.